The van der Waals surface area contributed by atoms with E-state index in [0.29, 0.717) is 47.2 Å². The number of amides is 3. The van der Waals surface area contributed by atoms with Gasteiger partial charge in [-0.15, -0.1) is 0 Å². The summed E-state index contributed by atoms with van der Waals surface area (Å²) in [6.45, 7) is 3.50. The number of fused-ring (bicyclic) bond motifs is 1. The summed E-state index contributed by atoms with van der Waals surface area (Å²) in [5.74, 6) is -2.00. The molecule has 1 aliphatic heterocycles. The number of aliphatic carboxylic acids is 1. The number of carbonyl (C=O) groups is 4. The highest BCUT2D eigenvalue weighted by Gasteiger charge is 2.26. The molecule has 1 heterocycles. The molecule has 0 aromatic heterocycles. The minimum absolute atomic E-state index is 0.203. The minimum atomic E-state index is -1.16. The van der Waals surface area contributed by atoms with Crippen molar-refractivity contribution in [3.63, 3.8) is 0 Å². The van der Waals surface area contributed by atoms with Gasteiger partial charge in [-0.2, -0.15) is 11.8 Å². The first kappa shape index (κ1) is 38.7. The smallest absolute Gasteiger partial charge is 0.326 e. The Morgan fingerprint density at radius 2 is 1.65 bits per heavy atom. The zero-order chi connectivity index (χ0) is 35.1. The molecule has 0 radical (unpaired) electrons. The molecule has 0 spiro atoms. The summed E-state index contributed by atoms with van der Waals surface area (Å²) in [5, 5.41) is 27.2. The Bertz CT molecular complexity index is 1460. The van der Waals surface area contributed by atoms with Crippen molar-refractivity contribution in [3.8, 4) is 0 Å². The molecule has 7 N–H and O–H groups in total. The van der Waals surface area contributed by atoms with E-state index in [1.807, 2.05) is 49.7 Å². The van der Waals surface area contributed by atoms with Crippen LogP contribution in [0.3, 0.4) is 0 Å². The maximum absolute atomic E-state index is 13.3. The van der Waals surface area contributed by atoms with E-state index in [2.05, 4.69) is 36.8 Å². The van der Waals surface area contributed by atoms with Crippen LogP contribution in [0.25, 0.3) is 0 Å². The highest BCUT2D eigenvalue weighted by atomic mass is 32.2. The van der Waals surface area contributed by atoms with Crippen LogP contribution in [0.4, 0.5) is 11.4 Å². The second-order valence-corrected chi connectivity index (χ2v) is 13.6. The Kier molecular flexibility index (Phi) is 16.0. The third kappa shape index (κ3) is 13.0. The second-order valence-electron chi connectivity index (χ2n) is 11.5. The van der Waals surface area contributed by atoms with Crippen LogP contribution < -0.4 is 31.9 Å². The van der Waals surface area contributed by atoms with E-state index in [9.17, 15) is 24.3 Å². The Hall–Kier alpha value is -3.79. The molecule has 3 amide bonds. The SMILES string of the molecule is CSCC[C@H](NC(=O)c1cccc2c1CCN(C)C2)C(=O)NCC(=O)N[C@@H](CCCCNC(=S)Nc1ccc(NC(C)=S)cc1)C(=O)O. The van der Waals surface area contributed by atoms with Crippen LogP contribution in [0, 0.1) is 0 Å². The lowest BCUT2D eigenvalue weighted by Gasteiger charge is -2.27. The topological polar surface area (TPSA) is 164 Å². The summed E-state index contributed by atoms with van der Waals surface area (Å²) in [7, 11) is 2.03. The molecule has 1 aliphatic rings. The number of unbranched alkanes of at least 4 members (excludes halogenated alkanes) is 1. The number of hydrogen-bond acceptors (Lipinski definition) is 8. The zero-order valence-electron chi connectivity index (χ0n) is 27.5. The molecule has 12 nitrogen and oxygen atoms in total. The van der Waals surface area contributed by atoms with E-state index < -0.39 is 36.4 Å². The van der Waals surface area contributed by atoms with Gasteiger partial charge in [0.15, 0.2) is 5.11 Å². The normalized spacial score (nSPS) is 13.6. The Labute approximate surface area is 296 Å². The van der Waals surface area contributed by atoms with Gasteiger partial charge in [-0.25, -0.2) is 4.79 Å². The van der Waals surface area contributed by atoms with E-state index in [0.717, 1.165) is 42.0 Å². The molecule has 260 valence electrons. The first-order valence-electron chi connectivity index (χ1n) is 15.8. The number of hydrogen-bond donors (Lipinski definition) is 7. The van der Waals surface area contributed by atoms with Crippen molar-refractivity contribution in [2.75, 3.05) is 49.3 Å². The van der Waals surface area contributed by atoms with Crippen LogP contribution in [-0.2, 0) is 27.3 Å². The van der Waals surface area contributed by atoms with Gasteiger partial charge in [-0.3, -0.25) is 14.4 Å². The van der Waals surface area contributed by atoms with Gasteiger partial charge in [0.25, 0.3) is 5.91 Å². The molecular weight excluding hydrogens is 671 g/mol. The molecule has 0 bridgehead atoms. The monoisotopic (exact) mass is 715 g/mol. The summed E-state index contributed by atoms with van der Waals surface area (Å²) >= 11 is 11.9. The molecule has 2 atom stereocenters. The largest absolute Gasteiger partial charge is 0.480 e. The molecule has 2 aromatic rings. The third-order valence-electron chi connectivity index (χ3n) is 7.66. The number of carbonyl (C=O) groups excluding carboxylic acids is 3. The number of nitrogens with one attached hydrogen (secondary N) is 6. The number of nitrogens with zero attached hydrogens (tertiary/aromatic N) is 1. The fraction of sp³-hybridized carbons (Fsp3) is 0.455. The number of thioether (sulfide) groups is 1. The molecule has 0 saturated carbocycles. The second kappa shape index (κ2) is 19.9. The van der Waals surface area contributed by atoms with Gasteiger partial charge in [-0.05, 0) is 112 Å². The van der Waals surface area contributed by atoms with E-state index in [1.165, 1.54) is 0 Å². The number of carboxylic acid groups (broad SMARTS) is 1. The lowest BCUT2D eigenvalue weighted by molar-refractivity contribution is -0.142. The number of anilines is 2. The summed E-state index contributed by atoms with van der Waals surface area (Å²) in [4.78, 5) is 53.6. The van der Waals surface area contributed by atoms with Crippen LogP contribution in [0.1, 0.15) is 54.1 Å². The lowest BCUT2D eigenvalue weighted by Crippen LogP contribution is -2.51. The molecule has 2 aromatic carbocycles. The maximum Gasteiger partial charge on any atom is 0.326 e. The highest BCUT2D eigenvalue weighted by Crippen LogP contribution is 2.22. The van der Waals surface area contributed by atoms with Crippen molar-refractivity contribution in [2.24, 2.45) is 0 Å². The van der Waals surface area contributed by atoms with Gasteiger partial charge in [-0.1, -0.05) is 24.4 Å². The lowest BCUT2D eigenvalue weighted by atomic mass is 9.94. The number of likely N-dealkylation sites (N-methyl/N-ethyl adjacent to an activating group) is 1. The molecule has 3 rings (SSSR count). The summed E-state index contributed by atoms with van der Waals surface area (Å²) < 4.78 is 0. The fourth-order valence-electron chi connectivity index (χ4n) is 5.19. The highest BCUT2D eigenvalue weighted by molar-refractivity contribution is 7.98. The number of benzene rings is 2. The minimum Gasteiger partial charge on any atom is -0.480 e. The van der Waals surface area contributed by atoms with Gasteiger partial charge in [0.2, 0.25) is 11.8 Å². The average molecular weight is 716 g/mol. The predicted molar refractivity (Wildman–Crippen MR) is 200 cm³/mol. The Morgan fingerprint density at radius 3 is 2.31 bits per heavy atom. The number of thiocarbonyl (C=S) groups is 2. The molecule has 0 unspecified atom stereocenters. The summed E-state index contributed by atoms with van der Waals surface area (Å²) in [6, 6.07) is 11.2. The van der Waals surface area contributed by atoms with Crippen molar-refractivity contribution in [1.29, 1.82) is 0 Å². The predicted octanol–water partition coefficient (Wildman–Crippen LogP) is 3.13. The quantitative estimate of drug-likeness (QED) is 0.0948. The third-order valence-corrected chi connectivity index (χ3v) is 8.65. The van der Waals surface area contributed by atoms with Crippen molar-refractivity contribution < 1.29 is 24.3 Å². The van der Waals surface area contributed by atoms with E-state index in [1.54, 1.807) is 24.8 Å². The maximum atomic E-state index is 13.3. The number of rotatable bonds is 17. The molecule has 15 heteroatoms. The molecule has 48 heavy (non-hydrogen) atoms. The van der Waals surface area contributed by atoms with Crippen LogP contribution in [0.2, 0.25) is 0 Å². The van der Waals surface area contributed by atoms with E-state index in [-0.39, 0.29) is 12.3 Å². The van der Waals surface area contributed by atoms with Crippen molar-refractivity contribution >= 4 is 81.4 Å². The average Bonchev–Trinajstić information content (AvgIpc) is 3.04. The molecule has 0 fully saturated rings. The summed E-state index contributed by atoms with van der Waals surface area (Å²) in [5.41, 5.74) is 4.32. The van der Waals surface area contributed by atoms with Crippen LogP contribution >= 0.6 is 36.2 Å². The van der Waals surface area contributed by atoms with Gasteiger partial charge in [0.05, 0.1) is 11.5 Å². The fourth-order valence-corrected chi connectivity index (χ4v) is 6.00. The molecule has 0 saturated heterocycles. The van der Waals surface area contributed by atoms with Crippen molar-refractivity contribution in [3.05, 3.63) is 59.2 Å². The Balaban J connectivity index is 1.41. The van der Waals surface area contributed by atoms with Gasteiger partial charge in [0, 0.05) is 36.6 Å². The van der Waals surface area contributed by atoms with Crippen LogP contribution in [0.5, 0.6) is 0 Å². The van der Waals surface area contributed by atoms with Crippen LogP contribution in [-0.4, -0.2) is 94.6 Å². The molecular formula is C33H45N7O5S3. The first-order chi connectivity index (χ1) is 23.0. The Morgan fingerprint density at radius 1 is 0.938 bits per heavy atom. The molecule has 0 aliphatic carbocycles. The van der Waals surface area contributed by atoms with Crippen molar-refractivity contribution in [1.82, 2.24) is 26.2 Å². The van der Waals surface area contributed by atoms with Crippen molar-refractivity contribution in [2.45, 2.75) is 57.7 Å². The van der Waals surface area contributed by atoms with Gasteiger partial charge >= 0.3 is 5.97 Å². The van der Waals surface area contributed by atoms with Gasteiger partial charge in [0.1, 0.15) is 12.1 Å². The standard InChI is InChI=1S/C33H45N7O5S3/c1-21(46)36-23-10-12-24(13-11-23)37-33(47)34-16-5-4-9-28(32(44)45)38-29(41)19-35-31(43)27(15-18-48-3)39-30(42)26-8-6-7-22-20-40(2)17-14-25(22)26/h6-8,10-13,27-28H,4-5,9,14-20H2,1-3H3,(H,35,43)(H,36,46)(H,38,41)(H,39,42)(H,44,45)(H2,34,37,47)/t27-,28-/m0/s1. The van der Waals surface area contributed by atoms with E-state index >= 15 is 0 Å². The first-order valence-corrected chi connectivity index (χ1v) is 18.0. The van der Waals surface area contributed by atoms with Crippen LogP contribution in [0.15, 0.2) is 42.5 Å². The zero-order valence-corrected chi connectivity index (χ0v) is 30.0. The van der Waals surface area contributed by atoms with E-state index in [4.69, 9.17) is 24.4 Å². The summed E-state index contributed by atoms with van der Waals surface area (Å²) in [6.07, 6.45) is 4.36. The van der Waals surface area contributed by atoms with Gasteiger partial charge < -0.3 is 41.9 Å². The number of carboxylic acids is 1.